The van der Waals surface area contributed by atoms with Crippen LogP contribution in [0.5, 0.6) is 5.75 Å². The number of carbonyl (C=O) groups excluding carboxylic acids is 2. The minimum Gasteiger partial charge on any atom is -0.482 e. The number of amides is 1. The average Bonchev–Trinajstić information content (AvgIpc) is 3.14. The van der Waals surface area contributed by atoms with Crippen LogP contribution < -0.4 is 10.1 Å². The smallest absolute Gasteiger partial charge is 0.251 e. The SMILES string of the molecule is Cc1c(C)n(Cc2ccc(Cl)c(O[C@@H](C)C=O)c2)c2ccc(C(=O)N[C@@H](C)c3ccc(C(C)(C)C)cc3)cc12. The summed E-state index contributed by atoms with van der Waals surface area (Å²) in [7, 11) is 0. The molecule has 0 unspecified atom stereocenters. The molecule has 39 heavy (non-hydrogen) atoms. The van der Waals surface area contributed by atoms with Crippen molar-refractivity contribution in [2.75, 3.05) is 0 Å². The number of benzene rings is 3. The maximum atomic E-state index is 13.2. The molecule has 4 rings (SSSR count). The molecule has 0 fully saturated rings. The third-order valence-corrected chi connectivity index (χ3v) is 7.68. The topological polar surface area (TPSA) is 60.3 Å². The summed E-state index contributed by atoms with van der Waals surface area (Å²) in [6.45, 7) is 15.0. The number of ether oxygens (including phenoxy) is 1. The molecule has 0 saturated heterocycles. The highest BCUT2D eigenvalue weighted by molar-refractivity contribution is 6.32. The zero-order valence-corrected chi connectivity index (χ0v) is 24.5. The fourth-order valence-electron chi connectivity index (χ4n) is 4.78. The highest BCUT2D eigenvalue weighted by atomic mass is 35.5. The van der Waals surface area contributed by atoms with Gasteiger partial charge in [0.15, 0.2) is 12.4 Å². The molecule has 0 aliphatic heterocycles. The van der Waals surface area contributed by atoms with Crippen molar-refractivity contribution in [3.63, 3.8) is 0 Å². The van der Waals surface area contributed by atoms with Gasteiger partial charge in [0.2, 0.25) is 0 Å². The summed E-state index contributed by atoms with van der Waals surface area (Å²) in [5.41, 5.74) is 7.36. The lowest BCUT2D eigenvalue weighted by Crippen LogP contribution is -2.26. The number of halogens is 1. The quantitative estimate of drug-likeness (QED) is 0.231. The zero-order chi connectivity index (χ0) is 28.5. The highest BCUT2D eigenvalue weighted by Crippen LogP contribution is 2.31. The minimum atomic E-state index is -0.579. The summed E-state index contributed by atoms with van der Waals surface area (Å²) >= 11 is 6.29. The van der Waals surface area contributed by atoms with Gasteiger partial charge in [-0.05, 0) is 85.7 Å². The molecule has 4 aromatic rings. The Balaban J connectivity index is 1.56. The predicted molar refractivity (Wildman–Crippen MR) is 159 cm³/mol. The predicted octanol–water partition coefficient (Wildman–Crippen LogP) is 7.71. The number of fused-ring (bicyclic) bond motifs is 1. The van der Waals surface area contributed by atoms with Crippen LogP contribution in [-0.2, 0) is 16.8 Å². The van der Waals surface area contributed by atoms with Crippen LogP contribution in [-0.4, -0.2) is 22.9 Å². The highest BCUT2D eigenvalue weighted by Gasteiger charge is 2.18. The van der Waals surface area contributed by atoms with Gasteiger partial charge in [0, 0.05) is 28.7 Å². The summed E-state index contributed by atoms with van der Waals surface area (Å²) in [4.78, 5) is 24.2. The normalized spacial score (nSPS) is 13.2. The molecule has 0 aliphatic rings. The Kier molecular flexibility index (Phi) is 8.22. The molecule has 204 valence electrons. The van der Waals surface area contributed by atoms with E-state index in [4.69, 9.17) is 16.3 Å². The molecule has 1 N–H and O–H groups in total. The molecule has 3 aromatic carbocycles. The van der Waals surface area contributed by atoms with E-state index >= 15 is 0 Å². The number of carbonyl (C=O) groups is 2. The molecule has 0 spiro atoms. The molecule has 1 heterocycles. The molecule has 1 amide bonds. The number of aldehydes is 1. The van der Waals surface area contributed by atoms with Gasteiger partial charge in [0.25, 0.3) is 5.91 Å². The molecule has 0 saturated carbocycles. The van der Waals surface area contributed by atoms with E-state index in [1.54, 1.807) is 13.0 Å². The van der Waals surface area contributed by atoms with E-state index in [0.29, 0.717) is 22.9 Å². The van der Waals surface area contributed by atoms with Gasteiger partial charge >= 0.3 is 0 Å². The summed E-state index contributed by atoms with van der Waals surface area (Å²) in [6, 6.07) is 19.8. The van der Waals surface area contributed by atoms with Gasteiger partial charge in [-0.25, -0.2) is 0 Å². The Morgan fingerprint density at radius 1 is 1.03 bits per heavy atom. The first-order chi connectivity index (χ1) is 18.4. The lowest BCUT2D eigenvalue weighted by molar-refractivity contribution is -0.113. The van der Waals surface area contributed by atoms with Crippen LogP contribution in [0, 0.1) is 13.8 Å². The first-order valence-electron chi connectivity index (χ1n) is 13.3. The van der Waals surface area contributed by atoms with Crippen molar-refractivity contribution in [1.29, 1.82) is 0 Å². The minimum absolute atomic E-state index is 0.0887. The van der Waals surface area contributed by atoms with Crippen molar-refractivity contribution in [2.45, 2.75) is 72.6 Å². The summed E-state index contributed by atoms with van der Waals surface area (Å²) < 4.78 is 7.89. The van der Waals surface area contributed by atoms with Crippen LogP contribution in [0.15, 0.2) is 60.7 Å². The first kappa shape index (κ1) is 28.4. The third kappa shape index (κ3) is 6.20. The first-order valence-corrected chi connectivity index (χ1v) is 13.7. The van der Waals surface area contributed by atoms with Gasteiger partial charge < -0.3 is 14.6 Å². The average molecular weight is 545 g/mol. The van der Waals surface area contributed by atoms with Crippen LogP contribution >= 0.6 is 11.6 Å². The van der Waals surface area contributed by atoms with E-state index in [1.165, 1.54) is 5.56 Å². The van der Waals surface area contributed by atoms with E-state index in [0.717, 1.165) is 39.6 Å². The number of rotatable bonds is 8. The molecule has 1 aromatic heterocycles. The number of nitrogens with zero attached hydrogens (tertiary/aromatic N) is 1. The van der Waals surface area contributed by atoms with Crippen LogP contribution in [0.4, 0.5) is 0 Å². The maximum absolute atomic E-state index is 13.2. The number of nitrogens with one attached hydrogen (secondary N) is 1. The second-order valence-electron chi connectivity index (χ2n) is 11.3. The Morgan fingerprint density at radius 2 is 1.72 bits per heavy atom. The van der Waals surface area contributed by atoms with Gasteiger partial charge in [0.05, 0.1) is 11.1 Å². The summed E-state index contributed by atoms with van der Waals surface area (Å²) in [5.74, 6) is 0.388. The van der Waals surface area contributed by atoms with Crippen LogP contribution in [0.2, 0.25) is 5.02 Å². The van der Waals surface area contributed by atoms with Crippen molar-refractivity contribution in [3.05, 3.63) is 99.2 Å². The Morgan fingerprint density at radius 3 is 2.36 bits per heavy atom. The van der Waals surface area contributed by atoms with E-state index in [1.807, 2.05) is 37.3 Å². The van der Waals surface area contributed by atoms with Gasteiger partial charge in [0.1, 0.15) is 5.75 Å². The number of hydrogen-bond acceptors (Lipinski definition) is 3. The molecular formula is C33H37ClN2O3. The van der Waals surface area contributed by atoms with Crippen molar-refractivity contribution < 1.29 is 14.3 Å². The molecular weight excluding hydrogens is 508 g/mol. The van der Waals surface area contributed by atoms with Gasteiger partial charge in [-0.2, -0.15) is 0 Å². The molecule has 0 radical (unpaired) electrons. The Labute approximate surface area is 236 Å². The van der Waals surface area contributed by atoms with Gasteiger partial charge in [-0.15, -0.1) is 0 Å². The van der Waals surface area contributed by atoms with Crippen LogP contribution in [0.25, 0.3) is 10.9 Å². The standard InChI is InChI=1S/C33H37ClN2O3/c1-20(19-37)39-31-16-24(8-14-29(31)34)18-36-23(4)21(2)28-17-26(11-15-30(28)36)32(38)35-22(3)25-9-12-27(13-10-25)33(5,6)7/h8-17,19-20,22H,18H2,1-7H3,(H,35,38)/t20-,22-/m0/s1. The number of hydrogen-bond donors (Lipinski definition) is 1. The van der Waals surface area contributed by atoms with Crippen LogP contribution in [0.1, 0.15) is 79.0 Å². The lowest BCUT2D eigenvalue weighted by Gasteiger charge is -2.21. The molecule has 2 atom stereocenters. The van der Waals surface area contributed by atoms with E-state index in [9.17, 15) is 9.59 Å². The fraction of sp³-hybridized carbons (Fsp3) is 0.333. The molecule has 6 heteroatoms. The zero-order valence-electron chi connectivity index (χ0n) is 23.8. The van der Waals surface area contributed by atoms with Crippen molar-refractivity contribution in [1.82, 2.24) is 9.88 Å². The fourth-order valence-corrected chi connectivity index (χ4v) is 4.94. The summed E-state index contributed by atoms with van der Waals surface area (Å²) in [5, 5.41) is 4.66. The Bertz CT molecular complexity index is 1510. The van der Waals surface area contributed by atoms with Crippen molar-refractivity contribution >= 4 is 34.7 Å². The molecule has 0 aliphatic carbocycles. The van der Waals surface area contributed by atoms with Crippen molar-refractivity contribution in [3.8, 4) is 5.75 Å². The second-order valence-corrected chi connectivity index (χ2v) is 11.7. The largest absolute Gasteiger partial charge is 0.482 e. The second kappa shape index (κ2) is 11.3. The van der Waals surface area contributed by atoms with E-state index in [2.05, 4.69) is 68.8 Å². The third-order valence-electron chi connectivity index (χ3n) is 7.37. The monoisotopic (exact) mass is 544 g/mol. The van der Waals surface area contributed by atoms with E-state index < -0.39 is 6.10 Å². The maximum Gasteiger partial charge on any atom is 0.251 e. The van der Waals surface area contributed by atoms with E-state index in [-0.39, 0.29) is 17.4 Å². The lowest BCUT2D eigenvalue weighted by atomic mass is 9.86. The summed E-state index contributed by atoms with van der Waals surface area (Å²) in [6.07, 6.45) is 0.164. The van der Waals surface area contributed by atoms with Gasteiger partial charge in [-0.3, -0.25) is 9.59 Å². The molecule has 5 nitrogen and oxygen atoms in total. The Hall–Kier alpha value is -3.57. The van der Waals surface area contributed by atoms with Crippen molar-refractivity contribution in [2.24, 2.45) is 0 Å². The van der Waals surface area contributed by atoms with Crippen LogP contribution in [0.3, 0.4) is 0 Å². The molecule has 0 bridgehead atoms. The number of aromatic nitrogens is 1. The number of aryl methyl sites for hydroxylation is 1. The van der Waals surface area contributed by atoms with Gasteiger partial charge in [-0.1, -0.05) is 62.7 Å².